The molecule has 1 aromatic rings. The van der Waals surface area contributed by atoms with E-state index < -0.39 is 0 Å². The van der Waals surface area contributed by atoms with Crippen LogP contribution >= 0.6 is 0 Å². The first kappa shape index (κ1) is 10.8. The van der Waals surface area contributed by atoms with Gasteiger partial charge in [0.25, 0.3) is 0 Å². The summed E-state index contributed by atoms with van der Waals surface area (Å²) in [6, 6.07) is 8.54. The predicted molar refractivity (Wildman–Crippen MR) is 63.8 cm³/mol. The maximum Gasteiger partial charge on any atom is 0.0345 e. The second-order valence-corrected chi connectivity index (χ2v) is 4.50. The minimum Gasteiger partial charge on any atom is -0.382 e. The summed E-state index contributed by atoms with van der Waals surface area (Å²) >= 11 is 0. The molecule has 1 rings (SSSR count). The highest BCUT2D eigenvalue weighted by molar-refractivity contribution is 5.47. The Morgan fingerprint density at radius 2 is 2.07 bits per heavy atom. The number of benzene rings is 1. The summed E-state index contributed by atoms with van der Waals surface area (Å²) < 4.78 is 0. The van der Waals surface area contributed by atoms with E-state index in [2.05, 4.69) is 56.9 Å². The lowest BCUT2D eigenvalue weighted by Crippen LogP contribution is -2.11. The number of nitrogens with one attached hydrogen (secondary N) is 1. The zero-order valence-electron chi connectivity index (χ0n) is 9.30. The summed E-state index contributed by atoms with van der Waals surface area (Å²) in [5, 5.41) is 3.29. The van der Waals surface area contributed by atoms with Gasteiger partial charge in [-0.3, -0.25) is 0 Å². The van der Waals surface area contributed by atoms with Gasteiger partial charge in [0.1, 0.15) is 0 Å². The van der Waals surface area contributed by atoms with Crippen molar-refractivity contribution in [2.45, 2.75) is 26.2 Å². The summed E-state index contributed by atoms with van der Waals surface area (Å²) in [6.45, 7) is 11.2. The average molecular weight is 189 g/mol. The summed E-state index contributed by atoms with van der Waals surface area (Å²) in [4.78, 5) is 0. The SMILES string of the molecule is C=CCNc1cccc(C(C)(C)C)c1. The molecule has 1 heteroatoms. The van der Waals surface area contributed by atoms with E-state index in [0.29, 0.717) is 0 Å². The van der Waals surface area contributed by atoms with Crippen molar-refractivity contribution in [2.24, 2.45) is 0 Å². The Kier molecular flexibility index (Phi) is 3.34. The molecule has 0 amide bonds. The second kappa shape index (κ2) is 4.32. The van der Waals surface area contributed by atoms with Gasteiger partial charge in [-0.2, -0.15) is 0 Å². The standard InChI is InChI=1S/C13H19N/c1-5-9-14-12-8-6-7-11(10-12)13(2,3)4/h5-8,10,14H,1,9H2,2-4H3. The molecule has 1 N–H and O–H groups in total. The second-order valence-electron chi connectivity index (χ2n) is 4.50. The molecule has 1 nitrogen and oxygen atoms in total. The van der Waals surface area contributed by atoms with E-state index in [1.54, 1.807) is 0 Å². The Morgan fingerprint density at radius 3 is 2.64 bits per heavy atom. The molecule has 0 radical (unpaired) electrons. The van der Waals surface area contributed by atoms with Gasteiger partial charge in [0.2, 0.25) is 0 Å². The molecule has 0 atom stereocenters. The monoisotopic (exact) mass is 189 g/mol. The third-order valence-electron chi connectivity index (χ3n) is 2.18. The molecule has 0 bridgehead atoms. The average Bonchev–Trinajstić information content (AvgIpc) is 2.14. The largest absolute Gasteiger partial charge is 0.382 e. The van der Waals surface area contributed by atoms with Crippen LogP contribution < -0.4 is 5.32 Å². The van der Waals surface area contributed by atoms with Crippen molar-refractivity contribution in [3.8, 4) is 0 Å². The van der Waals surface area contributed by atoms with Crippen LogP contribution in [-0.4, -0.2) is 6.54 Å². The molecule has 0 fully saturated rings. The molecule has 14 heavy (non-hydrogen) atoms. The van der Waals surface area contributed by atoms with Crippen molar-refractivity contribution in [1.29, 1.82) is 0 Å². The highest BCUT2D eigenvalue weighted by atomic mass is 14.8. The molecule has 0 heterocycles. The van der Waals surface area contributed by atoms with Crippen LogP contribution in [-0.2, 0) is 5.41 Å². The molecule has 0 saturated heterocycles. The molecule has 0 unspecified atom stereocenters. The minimum atomic E-state index is 0.214. The van der Waals surface area contributed by atoms with E-state index in [1.807, 2.05) is 6.08 Å². The first-order chi connectivity index (χ1) is 6.54. The number of hydrogen-bond donors (Lipinski definition) is 1. The van der Waals surface area contributed by atoms with E-state index in [0.717, 1.165) is 12.2 Å². The van der Waals surface area contributed by atoms with Crippen LogP contribution in [0.3, 0.4) is 0 Å². The zero-order chi connectivity index (χ0) is 10.6. The topological polar surface area (TPSA) is 12.0 Å². The van der Waals surface area contributed by atoms with E-state index in [-0.39, 0.29) is 5.41 Å². The van der Waals surface area contributed by atoms with Crippen LogP contribution in [0.4, 0.5) is 5.69 Å². The third kappa shape index (κ3) is 2.91. The fourth-order valence-electron chi connectivity index (χ4n) is 1.29. The smallest absolute Gasteiger partial charge is 0.0345 e. The summed E-state index contributed by atoms with van der Waals surface area (Å²) in [6.07, 6.45) is 1.86. The van der Waals surface area contributed by atoms with Gasteiger partial charge in [-0.1, -0.05) is 39.0 Å². The van der Waals surface area contributed by atoms with Crippen molar-refractivity contribution in [1.82, 2.24) is 0 Å². The molecule has 0 aromatic heterocycles. The Balaban J connectivity index is 2.84. The van der Waals surface area contributed by atoms with E-state index in [9.17, 15) is 0 Å². The molecule has 0 spiro atoms. The van der Waals surface area contributed by atoms with Gasteiger partial charge >= 0.3 is 0 Å². The molecule has 0 aliphatic heterocycles. The maximum absolute atomic E-state index is 3.68. The van der Waals surface area contributed by atoms with Crippen molar-refractivity contribution in [3.63, 3.8) is 0 Å². The molecule has 0 aliphatic carbocycles. The minimum absolute atomic E-state index is 0.214. The molecule has 0 aliphatic rings. The quantitative estimate of drug-likeness (QED) is 0.717. The maximum atomic E-state index is 3.68. The Hall–Kier alpha value is -1.24. The van der Waals surface area contributed by atoms with Crippen molar-refractivity contribution in [2.75, 3.05) is 11.9 Å². The first-order valence-corrected chi connectivity index (χ1v) is 4.99. The predicted octanol–water partition coefficient (Wildman–Crippen LogP) is 3.58. The Labute approximate surface area is 86.8 Å². The van der Waals surface area contributed by atoms with Crippen molar-refractivity contribution >= 4 is 5.69 Å². The van der Waals surface area contributed by atoms with Crippen LogP contribution in [0.5, 0.6) is 0 Å². The van der Waals surface area contributed by atoms with Crippen LogP contribution in [0.1, 0.15) is 26.3 Å². The van der Waals surface area contributed by atoms with Gasteiger partial charge in [-0.15, -0.1) is 6.58 Å². The van der Waals surface area contributed by atoms with E-state index in [1.165, 1.54) is 5.56 Å². The Morgan fingerprint density at radius 1 is 1.36 bits per heavy atom. The van der Waals surface area contributed by atoms with Crippen LogP contribution in [0.2, 0.25) is 0 Å². The fourth-order valence-corrected chi connectivity index (χ4v) is 1.29. The summed E-state index contributed by atoms with van der Waals surface area (Å²) in [5.41, 5.74) is 2.73. The first-order valence-electron chi connectivity index (χ1n) is 4.99. The number of anilines is 1. The highest BCUT2D eigenvalue weighted by Crippen LogP contribution is 2.24. The molecular weight excluding hydrogens is 170 g/mol. The van der Waals surface area contributed by atoms with Gasteiger partial charge in [0.05, 0.1) is 0 Å². The van der Waals surface area contributed by atoms with Gasteiger partial charge in [0, 0.05) is 12.2 Å². The Bertz CT molecular complexity index is 307. The molecular formula is C13H19N. The van der Waals surface area contributed by atoms with E-state index in [4.69, 9.17) is 0 Å². The zero-order valence-corrected chi connectivity index (χ0v) is 9.30. The molecule has 0 saturated carbocycles. The lowest BCUT2D eigenvalue weighted by molar-refractivity contribution is 0.590. The summed E-state index contributed by atoms with van der Waals surface area (Å²) in [7, 11) is 0. The van der Waals surface area contributed by atoms with Crippen LogP contribution in [0.15, 0.2) is 36.9 Å². The van der Waals surface area contributed by atoms with E-state index >= 15 is 0 Å². The lowest BCUT2D eigenvalue weighted by atomic mass is 9.87. The van der Waals surface area contributed by atoms with Crippen molar-refractivity contribution in [3.05, 3.63) is 42.5 Å². The van der Waals surface area contributed by atoms with Crippen LogP contribution in [0, 0.1) is 0 Å². The van der Waals surface area contributed by atoms with Crippen LogP contribution in [0.25, 0.3) is 0 Å². The molecule has 76 valence electrons. The van der Waals surface area contributed by atoms with Gasteiger partial charge in [-0.05, 0) is 23.1 Å². The number of rotatable bonds is 3. The van der Waals surface area contributed by atoms with Gasteiger partial charge in [0.15, 0.2) is 0 Å². The van der Waals surface area contributed by atoms with Gasteiger partial charge in [-0.25, -0.2) is 0 Å². The fraction of sp³-hybridized carbons (Fsp3) is 0.385. The molecule has 1 aromatic carbocycles. The number of hydrogen-bond acceptors (Lipinski definition) is 1. The third-order valence-corrected chi connectivity index (χ3v) is 2.18. The highest BCUT2D eigenvalue weighted by Gasteiger charge is 2.13. The van der Waals surface area contributed by atoms with Gasteiger partial charge < -0.3 is 5.32 Å². The summed E-state index contributed by atoms with van der Waals surface area (Å²) in [5.74, 6) is 0. The van der Waals surface area contributed by atoms with Crippen molar-refractivity contribution < 1.29 is 0 Å². The lowest BCUT2D eigenvalue weighted by Gasteiger charge is -2.19. The normalized spacial score (nSPS) is 11.1.